The van der Waals surface area contributed by atoms with E-state index in [9.17, 15) is 4.79 Å². The van der Waals surface area contributed by atoms with E-state index in [1.165, 1.54) is 0 Å². The van der Waals surface area contributed by atoms with Crippen molar-refractivity contribution in [2.45, 2.75) is 19.4 Å². The highest BCUT2D eigenvalue weighted by atomic mass is 79.9. The number of allylic oxidation sites excluding steroid dienone is 1. The van der Waals surface area contributed by atoms with Gasteiger partial charge in [0, 0.05) is 18.4 Å². The van der Waals surface area contributed by atoms with Crippen LogP contribution in [0.4, 0.5) is 5.69 Å². The minimum atomic E-state index is -0.0386. The fraction of sp³-hybridized carbons (Fsp3) is 0.300. The molecule has 0 aliphatic rings. The monoisotopic (exact) mass is 256 g/mol. The van der Waals surface area contributed by atoms with Crippen molar-refractivity contribution in [2.75, 3.05) is 5.73 Å². The second-order valence-corrected chi connectivity index (χ2v) is 3.91. The Bertz CT molecular complexity index is 384. The summed E-state index contributed by atoms with van der Waals surface area (Å²) < 4.78 is 2.12. The molecule has 1 heterocycles. The summed E-state index contributed by atoms with van der Waals surface area (Å²) in [7, 11) is 0. The van der Waals surface area contributed by atoms with E-state index in [2.05, 4.69) is 22.5 Å². The van der Waals surface area contributed by atoms with E-state index in [4.69, 9.17) is 5.73 Å². The van der Waals surface area contributed by atoms with Crippen molar-refractivity contribution in [1.29, 1.82) is 0 Å². The van der Waals surface area contributed by atoms with Crippen LogP contribution in [0.15, 0.2) is 34.2 Å². The molecule has 0 atom stereocenters. The number of pyridine rings is 1. The van der Waals surface area contributed by atoms with E-state index in [1.54, 1.807) is 16.8 Å². The molecule has 0 fully saturated rings. The van der Waals surface area contributed by atoms with Gasteiger partial charge in [0.25, 0.3) is 5.56 Å². The predicted octanol–water partition coefficient (Wildman–Crippen LogP) is 2.16. The summed E-state index contributed by atoms with van der Waals surface area (Å²) in [6.07, 6.45) is 5.31. The molecule has 76 valence electrons. The maximum atomic E-state index is 11.5. The van der Waals surface area contributed by atoms with Gasteiger partial charge in [0.15, 0.2) is 0 Å². The summed E-state index contributed by atoms with van der Waals surface area (Å²) in [6, 6.07) is 1.62. The Morgan fingerprint density at radius 3 is 3.00 bits per heavy atom. The summed E-state index contributed by atoms with van der Waals surface area (Å²) >= 11 is 3.17. The van der Waals surface area contributed by atoms with Crippen molar-refractivity contribution in [2.24, 2.45) is 0 Å². The third kappa shape index (κ3) is 2.73. The number of nitrogens with zero attached hydrogens (tertiary/aromatic N) is 1. The number of aryl methyl sites for hydroxylation is 1. The number of rotatable bonds is 4. The molecule has 0 spiro atoms. The first-order valence-electron chi connectivity index (χ1n) is 4.41. The number of halogens is 1. The van der Waals surface area contributed by atoms with Crippen molar-refractivity contribution >= 4 is 21.6 Å². The Hall–Kier alpha value is -1.03. The maximum Gasteiger partial charge on any atom is 0.264 e. The lowest BCUT2D eigenvalue weighted by Crippen LogP contribution is -2.20. The molecule has 2 N–H and O–H groups in total. The molecule has 0 unspecified atom stereocenters. The predicted molar refractivity (Wildman–Crippen MR) is 62.2 cm³/mol. The molecular weight excluding hydrogens is 244 g/mol. The molecule has 3 nitrogen and oxygen atoms in total. The Morgan fingerprint density at radius 1 is 1.64 bits per heavy atom. The number of anilines is 1. The van der Waals surface area contributed by atoms with Crippen LogP contribution >= 0.6 is 15.9 Å². The van der Waals surface area contributed by atoms with Crippen molar-refractivity contribution in [3.8, 4) is 0 Å². The lowest BCUT2D eigenvalue weighted by atomic mass is 10.3. The molecular formula is C10H13BrN2O. The van der Waals surface area contributed by atoms with Crippen LogP contribution in [0.2, 0.25) is 0 Å². The highest BCUT2D eigenvalue weighted by molar-refractivity contribution is 9.10. The van der Waals surface area contributed by atoms with E-state index in [0.717, 1.165) is 12.8 Å². The van der Waals surface area contributed by atoms with E-state index in [-0.39, 0.29) is 5.56 Å². The number of hydrogen-bond acceptors (Lipinski definition) is 2. The van der Waals surface area contributed by atoms with E-state index >= 15 is 0 Å². The molecule has 0 aromatic carbocycles. The van der Waals surface area contributed by atoms with Crippen LogP contribution in [0, 0.1) is 0 Å². The highest BCUT2D eigenvalue weighted by Gasteiger charge is 2.01. The fourth-order valence-electron chi connectivity index (χ4n) is 1.19. The minimum absolute atomic E-state index is 0.0386. The molecule has 0 amide bonds. The van der Waals surface area contributed by atoms with Gasteiger partial charge in [0.2, 0.25) is 0 Å². The van der Waals surface area contributed by atoms with Crippen molar-refractivity contribution in [3.63, 3.8) is 0 Å². The van der Waals surface area contributed by atoms with Gasteiger partial charge >= 0.3 is 0 Å². The molecule has 1 aromatic heterocycles. The molecule has 0 aliphatic heterocycles. The number of nitrogens with two attached hydrogens (primary N) is 1. The fourth-order valence-corrected chi connectivity index (χ4v) is 1.69. The average Bonchev–Trinajstić information content (AvgIpc) is 2.13. The zero-order chi connectivity index (χ0) is 10.6. The van der Waals surface area contributed by atoms with Crippen LogP contribution in [0.25, 0.3) is 0 Å². The summed E-state index contributed by atoms with van der Waals surface area (Å²) in [5.74, 6) is 0. The average molecular weight is 257 g/mol. The molecule has 0 saturated heterocycles. The second-order valence-electron chi connectivity index (χ2n) is 3.05. The molecule has 14 heavy (non-hydrogen) atoms. The third-order valence-electron chi connectivity index (χ3n) is 1.87. The number of aromatic nitrogens is 1. The molecule has 1 aromatic rings. The molecule has 0 aliphatic carbocycles. The van der Waals surface area contributed by atoms with Crippen LogP contribution in [0.3, 0.4) is 0 Å². The zero-order valence-corrected chi connectivity index (χ0v) is 9.46. The first-order valence-corrected chi connectivity index (χ1v) is 5.21. The van der Waals surface area contributed by atoms with Gasteiger partial charge in [-0.15, -0.1) is 6.58 Å². The second kappa shape index (κ2) is 5.00. The van der Waals surface area contributed by atoms with Crippen LogP contribution in [-0.4, -0.2) is 4.57 Å². The Morgan fingerprint density at radius 2 is 2.36 bits per heavy atom. The normalized spacial score (nSPS) is 10.1. The summed E-state index contributed by atoms with van der Waals surface area (Å²) in [5, 5.41) is 0. The van der Waals surface area contributed by atoms with Crippen LogP contribution in [0.5, 0.6) is 0 Å². The van der Waals surface area contributed by atoms with Crippen molar-refractivity contribution < 1.29 is 0 Å². The number of unbranched alkanes of at least 4 members (excludes halogenated alkanes) is 1. The molecule has 4 heteroatoms. The smallest absolute Gasteiger partial charge is 0.264 e. The summed E-state index contributed by atoms with van der Waals surface area (Å²) in [4.78, 5) is 11.5. The van der Waals surface area contributed by atoms with E-state index in [0.29, 0.717) is 16.7 Å². The molecule has 0 saturated carbocycles. The Balaban J connectivity index is 2.85. The lowest BCUT2D eigenvalue weighted by Gasteiger charge is -2.06. The largest absolute Gasteiger partial charge is 0.398 e. The molecule has 0 radical (unpaired) electrons. The van der Waals surface area contributed by atoms with Crippen molar-refractivity contribution in [1.82, 2.24) is 4.57 Å². The van der Waals surface area contributed by atoms with Gasteiger partial charge in [-0.3, -0.25) is 4.79 Å². The summed E-state index contributed by atoms with van der Waals surface area (Å²) in [6.45, 7) is 4.30. The van der Waals surface area contributed by atoms with Gasteiger partial charge in [-0.25, -0.2) is 0 Å². The minimum Gasteiger partial charge on any atom is -0.398 e. The van der Waals surface area contributed by atoms with Crippen LogP contribution in [0.1, 0.15) is 12.8 Å². The van der Waals surface area contributed by atoms with Gasteiger partial charge in [-0.05, 0) is 34.8 Å². The first kappa shape index (κ1) is 11.0. The zero-order valence-electron chi connectivity index (χ0n) is 7.87. The SMILES string of the molecule is C=CCCCn1cc(N)cc(Br)c1=O. The number of hydrogen-bond donors (Lipinski definition) is 1. The van der Waals surface area contributed by atoms with Gasteiger partial charge in [0.05, 0.1) is 4.47 Å². The van der Waals surface area contributed by atoms with Crippen LogP contribution in [-0.2, 0) is 6.54 Å². The van der Waals surface area contributed by atoms with Gasteiger partial charge < -0.3 is 10.3 Å². The third-order valence-corrected chi connectivity index (χ3v) is 2.44. The highest BCUT2D eigenvalue weighted by Crippen LogP contribution is 2.08. The topological polar surface area (TPSA) is 48.0 Å². The van der Waals surface area contributed by atoms with Gasteiger partial charge in [0.1, 0.15) is 0 Å². The first-order chi connectivity index (χ1) is 6.65. The molecule has 0 bridgehead atoms. The quantitative estimate of drug-likeness (QED) is 0.663. The van der Waals surface area contributed by atoms with E-state index in [1.807, 2.05) is 6.08 Å². The van der Waals surface area contributed by atoms with Crippen LogP contribution < -0.4 is 11.3 Å². The van der Waals surface area contributed by atoms with E-state index < -0.39 is 0 Å². The summed E-state index contributed by atoms with van der Waals surface area (Å²) in [5.41, 5.74) is 6.18. The molecule has 1 rings (SSSR count). The maximum absolute atomic E-state index is 11.5. The van der Waals surface area contributed by atoms with Crippen molar-refractivity contribution in [3.05, 3.63) is 39.7 Å². The lowest BCUT2D eigenvalue weighted by molar-refractivity contribution is 0.628. The van der Waals surface area contributed by atoms with Gasteiger partial charge in [-0.2, -0.15) is 0 Å². The standard InChI is InChI=1S/C10H13BrN2O/c1-2-3-4-5-13-7-8(12)6-9(11)10(13)14/h2,6-7H,1,3-5,12H2. The van der Waals surface area contributed by atoms with Gasteiger partial charge in [-0.1, -0.05) is 6.08 Å². The Labute approximate surface area is 91.4 Å². The Kier molecular flexibility index (Phi) is 3.95. The number of nitrogen functional groups attached to an aromatic ring is 1.